The summed E-state index contributed by atoms with van der Waals surface area (Å²) >= 11 is 0. The van der Waals surface area contributed by atoms with E-state index in [4.69, 9.17) is 4.74 Å². The van der Waals surface area contributed by atoms with E-state index in [1.54, 1.807) is 23.1 Å². The Balaban J connectivity index is 1.39. The van der Waals surface area contributed by atoms with Gasteiger partial charge in [0.05, 0.1) is 19.1 Å². The van der Waals surface area contributed by atoms with E-state index in [2.05, 4.69) is 10.2 Å². The molecule has 2 aliphatic heterocycles. The highest BCUT2D eigenvalue weighted by Crippen LogP contribution is 2.18. The van der Waals surface area contributed by atoms with E-state index in [-0.39, 0.29) is 30.0 Å². The van der Waals surface area contributed by atoms with Crippen molar-refractivity contribution in [1.82, 2.24) is 15.1 Å². The molecule has 0 aliphatic carbocycles. The van der Waals surface area contributed by atoms with Crippen LogP contribution < -0.4 is 5.32 Å². The Kier molecular flexibility index (Phi) is 6.57. The summed E-state index contributed by atoms with van der Waals surface area (Å²) in [6.07, 6.45) is 0.703. The Labute approximate surface area is 153 Å². The molecule has 0 radical (unpaired) electrons. The molecule has 0 saturated carbocycles. The standard InChI is InChI=1S/C19H26FN3O3/c20-17-4-2-1-3-15(17)5-6-21-19(25)16-13-18(24)23(14-16)8-7-22-9-11-26-12-10-22/h1-4,16H,5-14H2,(H,21,25). The fourth-order valence-corrected chi connectivity index (χ4v) is 3.42. The highest BCUT2D eigenvalue weighted by molar-refractivity contribution is 5.89. The Hall–Kier alpha value is -1.99. The van der Waals surface area contributed by atoms with Crippen molar-refractivity contribution in [3.8, 4) is 0 Å². The van der Waals surface area contributed by atoms with E-state index in [0.717, 1.165) is 32.8 Å². The first-order valence-electron chi connectivity index (χ1n) is 9.22. The molecule has 2 saturated heterocycles. The van der Waals surface area contributed by atoms with Crippen LogP contribution in [-0.2, 0) is 20.7 Å². The number of benzene rings is 1. The third-order valence-electron chi connectivity index (χ3n) is 5.03. The number of carbonyl (C=O) groups is 2. The van der Waals surface area contributed by atoms with E-state index in [9.17, 15) is 14.0 Å². The van der Waals surface area contributed by atoms with Crippen LogP contribution in [0.2, 0.25) is 0 Å². The quantitative estimate of drug-likeness (QED) is 0.773. The number of nitrogens with one attached hydrogen (secondary N) is 1. The number of hydrogen-bond donors (Lipinski definition) is 1. The van der Waals surface area contributed by atoms with Crippen LogP contribution in [0.15, 0.2) is 24.3 Å². The van der Waals surface area contributed by atoms with Crippen LogP contribution in [0, 0.1) is 11.7 Å². The van der Waals surface area contributed by atoms with Crippen molar-refractivity contribution in [2.24, 2.45) is 5.92 Å². The number of hydrogen-bond acceptors (Lipinski definition) is 4. The van der Waals surface area contributed by atoms with Crippen LogP contribution in [0.5, 0.6) is 0 Å². The molecule has 26 heavy (non-hydrogen) atoms. The Morgan fingerprint density at radius 3 is 2.77 bits per heavy atom. The van der Waals surface area contributed by atoms with E-state index in [0.29, 0.717) is 31.6 Å². The van der Waals surface area contributed by atoms with E-state index >= 15 is 0 Å². The van der Waals surface area contributed by atoms with E-state index < -0.39 is 0 Å². The molecule has 1 aromatic carbocycles. The van der Waals surface area contributed by atoms with Gasteiger partial charge in [0.25, 0.3) is 0 Å². The fraction of sp³-hybridized carbons (Fsp3) is 0.579. The number of morpholine rings is 1. The Morgan fingerprint density at radius 1 is 1.23 bits per heavy atom. The van der Waals surface area contributed by atoms with Crippen LogP contribution >= 0.6 is 0 Å². The van der Waals surface area contributed by atoms with Gasteiger partial charge in [0.2, 0.25) is 11.8 Å². The van der Waals surface area contributed by atoms with Crippen molar-refractivity contribution in [2.75, 3.05) is 52.5 Å². The Bertz CT molecular complexity index is 634. The minimum absolute atomic E-state index is 0.0347. The Morgan fingerprint density at radius 2 is 2.00 bits per heavy atom. The molecule has 2 amide bonds. The van der Waals surface area contributed by atoms with Gasteiger partial charge in [-0.25, -0.2) is 4.39 Å². The van der Waals surface area contributed by atoms with Gasteiger partial charge in [-0.3, -0.25) is 14.5 Å². The molecule has 6 nitrogen and oxygen atoms in total. The third-order valence-corrected chi connectivity index (χ3v) is 5.03. The van der Waals surface area contributed by atoms with Crippen molar-refractivity contribution in [3.63, 3.8) is 0 Å². The molecule has 142 valence electrons. The predicted molar refractivity (Wildman–Crippen MR) is 95.1 cm³/mol. The topological polar surface area (TPSA) is 61.9 Å². The first-order chi connectivity index (χ1) is 12.6. The normalized spacial score (nSPS) is 21.2. The molecule has 7 heteroatoms. The molecule has 1 unspecified atom stereocenters. The van der Waals surface area contributed by atoms with Gasteiger partial charge in [0.1, 0.15) is 5.82 Å². The van der Waals surface area contributed by atoms with Crippen molar-refractivity contribution in [1.29, 1.82) is 0 Å². The molecular formula is C19H26FN3O3. The first kappa shape index (κ1) is 18.8. The van der Waals surface area contributed by atoms with E-state index in [1.165, 1.54) is 6.07 Å². The van der Waals surface area contributed by atoms with Crippen molar-refractivity contribution < 1.29 is 18.7 Å². The lowest BCUT2D eigenvalue weighted by atomic mass is 10.1. The van der Waals surface area contributed by atoms with Gasteiger partial charge in [0, 0.05) is 45.7 Å². The molecule has 0 spiro atoms. The van der Waals surface area contributed by atoms with Crippen LogP contribution in [0.1, 0.15) is 12.0 Å². The summed E-state index contributed by atoms with van der Waals surface area (Å²) in [5, 5.41) is 2.84. The molecule has 0 bridgehead atoms. The minimum atomic E-state index is -0.312. The summed E-state index contributed by atoms with van der Waals surface area (Å²) in [6, 6.07) is 6.56. The zero-order valence-electron chi connectivity index (χ0n) is 15.0. The van der Waals surface area contributed by atoms with Gasteiger partial charge in [-0.15, -0.1) is 0 Å². The maximum absolute atomic E-state index is 13.6. The van der Waals surface area contributed by atoms with Gasteiger partial charge >= 0.3 is 0 Å². The van der Waals surface area contributed by atoms with Gasteiger partial charge in [-0.1, -0.05) is 18.2 Å². The summed E-state index contributed by atoms with van der Waals surface area (Å²) in [5.74, 6) is -0.657. The van der Waals surface area contributed by atoms with Crippen LogP contribution in [-0.4, -0.2) is 74.1 Å². The molecule has 0 aromatic heterocycles. The second-order valence-electron chi connectivity index (χ2n) is 6.83. The summed E-state index contributed by atoms with van der Waals surface area (Å²) in [4.78, 5) is 28.5. The zero-order valence-corrected chi connectivity index (χ0v) is 15.0. The molecule has 3 rings (SSSR count). The van der Waals surface area contributed by atoms with Crippen LogP contribution in [0.25, 0.3) is 0 Å². The lowest BCUT2D eigenvalue weighted by Gasteiger charge is -2.28. The summed E-state index contributed by atoms with van der Waals surface area (Å²) in [6.45, 7) is 5.56. The van der Waals surface area contributed by atoms with Gasteiger partial charge in [0.15, 0.2) is 0 Å². The smallest absolute Gasteiger partial charge is 0.225 e. The maximum atomic E-state index is 13.6. The van der Waals surface area contributed by atoms with Gasteiger partial charge in [-0.05, 0) is 18.1 Å². The maximum Gasteiger partial charge on any atom is 0.225 e. The molecular weight excluding hydrogens is 337 g/mol. The summed E-state index contributed by atoms with van der Waals surface area (Å²) < 4.78 is 18.9. The van der Waals surface area contributed by atoms with Gasteiger partial charge in [-0.2, -0.15) is 0 Å². The molecule has 1 atom stereocenters. The summed E-state index contributed by atoms with van der Waals surface area (Å²) in [7, 11) is 0. The SMILES string of the molecule is O=C(NCCc1ccccc1F)C1CC(=O)N(CCN2CCOCC2)C1. The van der Waals surface area contributed by atoms with E-state index in [1.807, 2.05) is 0 Å². The lowest BCUT2D eigenvalue weighted by molar-refractivity contribution is -0.129. The number of halogens is 1. The van der Waals surface area contributed by atoms with Crippen LogP contribution in [0.3, 0.4) is 0 Å². The number of carbonyl (C=O) groups excluding carboxylic acids is 2. The molecule has 2 aliphatic rings. The predicted octanol–water partition coefficient (Wildman–Crippen LogP) is 0.665. The first-order valence-corrected chi connectivity index (χ1v) is 9.22. The number of likely N-dealkylation sites (tertiary alicyclic amines) is 1. The second kappa shape index (κ2) is 9.09. The number of amides is 2. The monoisotopic (exact) mass is 363 g/mol. The largest absolute Gasteiger partial charge is 0.379 e. The number of ether oxygens (including phenoxy) is 1. The van der Waals surface area contributed by atoms with Crippen molar-refractivity contribution >= 4 is 11.8 Å². The number of rotatable bonds is 7. The van der Waals surface area contributed by atoms with Gasteiger partial charge < -0.3 is 15.0 Å². The highest BCUT2D eigenvalue weighted by Gasteiger charge is 2.34. The highest BCUT2D eigenvalue weighted by atomic mass is 19.1. The lowest BCUT2D eigenvalue weighted by Crippen LogP contribution is -2.42. The minimum Gasteiger partial charge on any atom is -0.379 e. The zero-order chi connectivity index (χ0) is 18.4. The molecule has 1 N–H and O–H groups in total. The molecule has 1 aromatic rings. The average Bonchev–Trinajstić information content (AvgIpc) is 3.03. The second-order valence-corrected chi connectivity index (χ2v) is 6.83. The molecule has 2 heterocycles. The fourth-order valence-electron chi connectivity index (χ4n) is 3.42. The average molecular weight is 363 g/mol. The third kappa shape index (κ3) is 5.02. The van der Waals surface area contributed by atoms with Crippen molar-refractivity contribution in [2.45, 2.75) is 12.8 Å². The number of nitrogens with zero attached hydrogens (tertiary/aromatic N) is 2. The summed E-state index contributed by atoms with van der Waals surface area (Å²) in [5.41, 5.74) is 0.586. The van der Waals surface area contributed by atoms with Crippen molar-refractivity contribution in [3.05, 3.63) is 35.6 Å². The van der Waals surface area contributed by atoms with Crippen LogP contribution in [0.4, 0.5) is 4.39 Å². The molecule has 2 fully saturated rings.